The lowest BCUT2D eigenvalue weighted by Gasteiger charge is -2.36. The second-order valence-electron chi connectivity index (χ2n) is 3.83. The van der Waals surface area contributed by atoms with Crippen molar-refractivity contribution in [1.29, 1.82) is 0 Å². The van der Waals surface area contributed by atoms with Gasteiger partial charge in [-0.2, -0.15) is 0 Å². The Balaban J connectivity index is 3.13. The van der Waals surface area contributed by atoms with Crippen LogP contribution in [0.4, 0.5) is 0 Å². The summed E-state index contributed by atoms with van der Waals surface area (Å²) >= 11 is 9.05. The number of hydrogen-bond donors (Lipinski definition) is 2. The Morgan fingerprint density at radius 3 is 2.40 bits per heavy atom. The molecule has 0 heterocycles. The topological polar surface area (TPSA) is 74.6 Å². The predicted octanol–water partition coefficient (Wildman–Crippen LogP) is 1.86. The molecule has 0 aromatic heterocycles. The molecule has 15 heavy (non-hydrogen) atoms. The van der Waals surface area contributed by atoms with Gasteiger partial charge in [0.05, 0.1) is 10.2 Å². The van der Waals surface area contributed by atoms with Crippen LogP contribution in [0.2, 0.25) is 0 Å². The molecular formula is C9H10BrClO4. The van der Waals surface area contributed by atoms with Crippen LogP contribution in [0.25, 0.3) is 0 Å². The number of carboxylic acids is 2. The maximum Gasteiger partial charge on any atom is 0.326 e. The van der Waals surface area contributed by atoms with Gasteiger partial charge < -0.3 is 10.2 Å². The van der Waals surface area contributed by atoms with Gasteiger partial charge in [-0.05, 0) is 13.3 Å². The highest BCUT2D eigenvalue weighted by atomic mass is 79.9. The third-order valence-electron chi connectivity index (χ3n) is 2.54. The van der Waals surface area contributed by atoms with E-state index in [4.69, 9.17) is 21.8 Å². The standard InChI is InChI=1S/C9H10BrClO4/c1-8(6(12)13)3-2-5(10)9(11,4-8)7(14)15/h2-3,5H,4H2,1H3,(H,12,13)(H,14,15). The minimum absolute atomic E-state index is 0.154. The molecule has 0 saturated carbocycles. The molecule has 84 valence electrons. The first-order chi connectivity index (χ1) is 6.72. The average Bonchev–Trinajstić information content (AvgIpc) is 2.11. The molecule has 0 saturated heterocycles. The largest absolute Gasteiger partial charge is 0.481 e. The van der Waals surface area contributed by atoms with Gasteiger partial charge >= 0.3 is 11.9 Å². The summed E-state index contributed by atoms with van der Waals surface area (Å²) in [7, 11) is 0. The van der Waals surface area contributed by atoms with E-state index in [2.05, 4.69) is 15.9 Å². The van der Waals surface area contributed by atoms with Crippen LogP contribution in [0.15, 0.2) is 12.2 Å². The molecule has 0 amide bonds. The van der Waals surface area contributed by atoms with Crippen LogP contribution in [-0.2, 0) is 9.59 Å². The lowest BCUT2D eigenvalue weighted by Crippen LogP contribution is -2.49. The van der Waals surface area contributed by atoms with Gasteiger partial charge in [0.1, 0.15) is 0 Å². The average molecular weight is 298 g/mol. The first-order valence-corrected chi connectivity index (χ1v) is 5.51. The number of alkyl halides is 2. The Morgan fingerprint density at radius 2 is 2.00 bits per heavy atom. The van der Waals surface area contributed by atoms with Gasteiger partial charge in [0.15, 0.2) is 4.87 Å². The Bertz CT molecular complexity index is 343. The summed E-state index contributed by atoms with van der Waals surface area (Å²) in [4.78, 5) is 19.8. The summed E-state index contributed by atoms with van der Waals surface area (Å²) in [6, 6.07) is 0. The minimum atomic E-state index is -1.61. The fraction of sp³-hybridized carbons (Fsp3) is 0.556. The normalized spacial score (nSPS) is 40.1. The summed E-state index contributed by atoms with van der Waals surface area (Å²) in [5.41, 5.74) is -1.23. The Kier molecular flexibility index (Phi) is 3.16. The smallest absolute Gasteiger partial charge is 0.326 e. The van der Waals surface area contributed by atoms with E-state index in [0.717, 1.165) is 0 Å². The van der Waals surface area contributed by atoms with Crippen LogP contribution in [0.3, 0.4) is 0 Å². The molecule has 0 spiro atoms. The second kappa shape index (κ2) is 3.79. The van der Waals surface area contributed by atoms with Gasteiger partial charge in [0.2, 0.25) is 0 Å². The monoisotopic (exact) mass is 296 g/mol. The molecule has 4 nitrogen and oxygen atoms in total. The van der Waals surface area contributed by atoms with Crippen molar-refractivity contribution in [3.05, 3.63) is 12.2 Å². The zero-order valence-electron chi connectivity index (χ0n) is 7.91. The summed E-state index contributed by atoms with van der Waals surface area (Å²) in [5, 5.41) is 18.0. The van der Waals surface area contributed by atoms with Gasteiger partial charge in [-0.25, -0.2) is 0 Å². The van der Waals surface area contributed by atoms with Gasteiger partial charge in [0.25, 0.3) is 0 Å². The van der Waals surface area contributed by atoms with E-state index in [-0.39, 0.29) is 6.42 Å². The third kappa shape index (κ3) is 2.03. The molecule has 3 atom stereocenters. The van der Waals surface area contributed by atoms with Crippen LogP contribution in [0.5, 0.6) is 0 Å². The van der Waals surface area contributed by atoms with Crippen molar-refractivity contribution in [3.8, 4) is 0 Å². The second-order valence-corrected chi connectivity index (χ2v) is 5.49. The molecule has 0 bridgehead atoms. The van der Waals surface area contributed by atoms with Gasteiger partial charge in [0, 0.05) is 0 Å². The number of carbonyl (C=O) groups is 2. The Morgan fingerprint density at radius 1 is 1.47 bits per heavy atom. The number of aliphatic carboxylic acids is 2. The van der Waals surface area contributed by atoms with E-state index in [1.807, 2.05) is 0 Å². The predicted molar refractivity (Wildman–Crippen MR) is 58.4 cm³/mol. The lowest BCUT2D eigenvalue weighted by molar-refractivity contribution is -0.148. The molecule has 0 aliphatic heterocycles. The van der Waals surface area contributed by atoms with Gasteiger partial charge in [-0.15, -0.1) is 11.6 Å². The van der Waals surface area contributed by atoms with Crippen molar-refractivity contribution < 1.29 is 19.8 Å². The molecule has 6 heteroatoms. The maximum atomic E-state index is 11.0. The number of allylic oxidation sites excluding steroid dienone is 1. The van der Waals surface area contributed by atoms with Crippen LogP contribution >= 0.6 is 27.5 Å². The van der Waals surface area contributed by atoms with E-state index in [9.17, 15) is 9.59 Å². The fourth-order valence-corrected chi connectivity index (χ4v) is 2.34. The van der Waals surface area contributed by atoms with Crippen LogP contribution in [0.1, 0.15) is 13.3 Å². The third-order valence-corrected chi connectivity index (χ3v) is 4.42. The summed E-state index contributed by atoms with van der Waals surface area (Å²) in [6.07, 6.45) is 2.79. The first-order valence-electron chi connectivity index (χ1n) is 4.21. The molecule has 1 aliphatic carbocycles. The van der Waals surface area contributed by atoms with Crippen molar-refractivity contribution >= 4 is 39.5 Å². The SMILES string of the molecule is CC1(C(=O)O)C=CC(Br)C(Cl)(C(=O)O)C1. The molecule has 0 aromatic rings. The molecular weight excluding hydrogens is 287 g/mol. The zero-order valence-corrected chi connectivity index (χ0v) is 10.2. The zero-order chi connectivity index (χ0) is 11.9. The van der Waals surface area contributed by atoms with E-state index < -0.39 is 27.1 Å². The lowest BCUT2D eigenvalue weighted by atomic mass is 9.75. The molecule has 0 radical (unpaired) electrons. The molecule has 0 fully saturated rings. The van der Waals surface area contributed by atoms with Crippen LogP contribution in [-0.4, -0.2) is 31.9 Å². The van der Waals surface area contributed by atoms with Crippen LogP contribution < -0.4 is 0 Å². The number of rotatable bonds is 2. The minimum Gasteiger partial charge on any atom is -0.481 e. The summed E-state index contributed by atoms with van der Waals surface area (Å²) in [5.74, 6) is -2.30. The van der Waals surface area contributed by atoms with Crippen molar-refractivity contribution in [1.82, 2.24) is 0 Å². The maximum absolute atomic E-state index is 11.0. The van der Waals surface area contributed by atoms with E-state index in [1.165, 1.54) is 19.1 Å². The van der Waals surface area contributed by atoms with E-state index in [0.29, 0.717) is 0 Å². The summed E-state index contributed by atoms with van der Waals surface area (Å²) < 4.78 is 0. The Labute approximate surface area is 100 Å². The van der Waals surface area contributed by atoms with E-state index >= 15 is 0 Å². The highest BCUT2D eigenvalue weighted by Gasteiger charge is 2.52. The van der Waals surface area contributed by atoms with Crippen molar-refractivity contribution in [2.24, 2.45) is 5.41 Å². The molecule has 2 N–H and O–H groups in total. The quantitative estimate of drug-likeness (QED) is 0.603. The van der Waals surface area contributed by atoms with Gasteiger partial charge in [-0.3, -0.25) is 9.59 Å². The van der Waals surface area contributed by atoms with E-state index in [1.54, 1.807) is 0 Å². The van der Waals surface area contributed by atoms with Gasteiger partial charge in [-0.1, -0.05) is 28.1 Å². The summed E-state index contributed by atoms with van der Waals surface area (Å²) in [6.45, 7) is 1.45. The highest BCUT2D eigenvalue weighted by Crippen LogP contribution is 2.44. The van der Waals surface area contributed by atoms with Crippen molar-refractivity contribution in [3.63, 3.8) is 0 Å². The fourth-order valence-electron chi connectivity index (χ4n) is 1.48. The first kappa shape index (κ1) is 12.5. The molecule has 1 aliphatic rings. The number of hydrogen-bond acceptors (Lipinski definition) is 2. The molecule has 0 aromatic carbocycles. The number of halogens is 2. The van der Waals surface area contributed by atoms with Crippen molar-refractivity contribution in [2.45, 2.75) is 23.0 Å². The van der Waals surface area contributed by atoms with Crippen molar-refractivity contribution in [2.75, 3.05) is 0 Å². The molecule has 3 unspecified atom stereocenters. The van der Waals surface area contributed by atoms with Crippen LogP contribution in [0, 0.1) is 5.41 Å². The highest BCUT2D eigenvalue weighted by molar-refractivity contribution is 9.09. The molecule has 1 rings (SSSR count). The number of carboxylic acid groups (broad SMARTS) is 2. The Hall–Kier alpha value is -0.550.